The van der Waals surface area contributed by atoms with Crippen LogP contribution in [0.2, 0.25) is 0 Å². The molecule has 4 aliphatic rings. The highest BCUT2D eigenvalue weighted by Crippen LogP contribution is 2.39. The van der Waals surface area contributed by atoms with Crippen molar-refractivity contribution in [1.82, 2.24) is 0 Å². The van der Waals surface area contributed by atoms with Crippen LogP contribution in [0.4, 0.5) is 0 Å². The number of ketones is 1. The number of benzene rings is 1. The van der Waals surface area contributed by atoms with Gasteiger partial charge in [0.05, 0.1) is 18.7 Å². The number of hydrogen-bond donors (Lipinski definition) is 2. The lowest BCUT2D eigenvalue weighted by Crippen LogP contribution is -3.41. The van der Waals surface area contributed by atoms with E-state index in [1.54, 1.807) is 9.80 Å². The topological polar surface area (TPSA) is 26.0 Å². The van der Waals surface area contributed by atoms with E-state index in [4.69, 9.17) is 0 Å². The van der Waals surface area contributed by atoms with Gasteiger partial charge in [-0.1, -0.05) is 37.5 Å². The second-order valence-corrected chi connectivity index (χ2v) is 8.64. The summed E-state index contributed by atoms with van der Waals surface area (Å²) < 4.78 is 0. The third-order valence-corrected chi connectivity index (χ3v) is 6.63. The molecule has 1 aromatic rings. The molecule has 4 bridgehead atoms. The Bertz CT molecular complexity index is 605. The maximum absolute atomic E-state index is 13.2. The summed E-state index contributed by atoms with van der Waals surface area (Å²) in [6.45, 7) is 10.8. The second kappa shape index (κ2) is 5.15. The Kier molecular flexibility index (Phi) is 3.44. The number of piperidine rings is 2. The Balaban J connectivity index is 1.68. The van der Waals surface area contributed by atoms with Gasteiger partial charge in [-0.25, -0.2) is 0 Å². The Morgan fingerprint density at radius 3 is 2.26 bits per heavy atom. The van der Waals surface area contributed by atoms with Gasteiger partial charge in [-0.15, -0.1) is 0 Å². The zero-order chi connectivity index (χ0) is 16.2. The van der Waals surface area contributed by atoms with Gasteiger partial charge in [-0.3, -0.25) is 14.6 Å². The molecule has 1 aromatic carbocycles. The lowest BCUT2D eigenvalue weighted by Gasteiger charge is -2.59. The first kappa shape index (κ1) is 15.3. The highest BCUT2D eigenvalue weighted by atomic mass is 16.1. The van der Waals surface area contributed by atoms with E-state index >= 15 is 0 Å². The molecule has 4 fully saturated rings. The molecule has 0 amide bonds. The van der Waals surface area contributed by atoms with Gasteiger partial charge in [0.15, 0.2) is 5.78 Å². The highest BCUT2D eigenvalue weighted by Gasteiger charge is 2.69. The summed E-state index contributed by atoms with van der Waals surface area (Å²) in [5.74, 6) is 0.591. The second-order valence-electron chi connectivity index (χ2n) is 8.64. The molecule has 0 aromatic heterocycles. The standard InChI is InChI=1S/C20H28N2O/c1-4-5-10-20-13-21-11-19(3,18(20)23)12-22(14-20)17(21)16-8-6-15(2)7-9-16/h6-9,17H,4-5,10-14H2,1-3H3/p+2. The molecule has 2 N–H and O–H groups in total. The summed E-state index contributed by atoms with van der Waals surface area (Å²) in [5.41, 5.74) is 2.67. The maximum atomic E-state index is 13.2. The molecule has 2 atom stereocenters. The quantitative estimate of drug-likeness (QED) is 0.834. The Morgan fingerprint density at radius 2 is 1.70 bits per heavy atom. The zero-order valence-electron chi connectivity index (χ0n) is 14.7. The van der Waals surface area contributed by atoms with Gasteiger partial charge in [0.2, 0.25) is 6.17 Å². The normalized spacial score (nSPS) is 41.5. The molecule has 23 heavy (non-hydrogen) atoms. The van der Waals surface area contributed by atoms with E-state index in [0.717, 1.165) is 32.6 Å². The number of quaternary nitrogens is 2. The van der Waals surface area contributed by atoms with Crippen molar-refractivity contribution in [3.63, 3.8) is 0 Å². The van der Waals surface area contributed by atoms with E-state index in [1.165, 1.54) is 24.0 Å². The van der Waals surface area contributed by atoms with E-state index < -0.39 is 0 Å². The van der Waals surface area contributed by atoms with Gasteiger partial charge in [-0.05, 0) is 32.4 Å². The van der Waals surface area contributed by atoms with Crippen molar-refractivity contribution in [2.75, 3.05) is 26.2 Å². The summed E-state index contributed by atoms with van der Waals surface area (Å²) in [7, 11) is 0. The van der Waals surface area contributed by atoms with E-state index in [0.29, 0.717) is 11.9 Å². The van der Waals surface area contributed by atoms with Gasteiger partial charge in [0.1, 0.15) is 23.9 Å². The monoisotopic (exact) mass is 314 g/mol. The van der Waals surface area contributed by atoms with Crippen LogP contribution in [0.5, 0.6) is 0 Å². The fraction of sp³-hybridized carbons (Fsp3) is 0.650. The molecule has 4 saturated heterocycles. The lowest BCUT2D eigenvalue weighted by atomic mass is 9.59. The first-order chi connectivity index (χ1) is 11.0. The molecular weight excluding hydrogens is 284 g/mol. The molecule has 4 heterocycles. The van der Waals surface area contributed by atoms with Gasteiger partial charge < -0.3 is 0 Å². The number of unbranched alkanes of at least 4 members (excludes halogenated alkanes) is 1. The molecule has 2 unspecified atom stereocenters. The predicted molar refractivity (Wildman–Crippen MR) is 90.4 cm³/mol. The summed E-state index contributed by atoms with van der Waals surface area (Å²) in [4.78, 5) is 16.5. The Hall–Kier alpha value is -1.19. The van der Waals surface area contributed by atoms with Gasteiger partial charge in [0.25, 0.3) is 0 Å². The van der Waals surface area contributed by atoms with E-state index in [1.807, 2.05) is 0 Å². The Labute approximate surface area is 139 Å². The number of carbonyl (C=O) groups is 1. The molecule has 5 rings (SSSR count). The number of Topliss-reactive ketones (excluding diaryl/α,β-unsaturated/α-hetero) is 1. The zero-order valence-corrected chi connectivity index (χ0v) is 14.7. The van der Waals surface area contributed by atoms with Crippen LogP contribution in [0.15, 0.2) is 24.3 Å². The summed E-state index contributed by atoms with van der Waals surface area (Å²) in [5, 5.41) is 0. The minimum Gasteiger partial charge on any atom is -0.297 e. The lowest BCUT2D eigenvalue weighted by molar-refractivity contribution is -1.18. The van der Waals surface area contributed by atoms with E-state index in [9.17, 15) is 4.79 Å². The molecule has 0 saturated carbocycles. The number of aryl methyl sites for hydroxylation is 1. The van der Waals surface area contributed by atoms with Crippen LogP contribution < -0.4 is 9.80 Å². The molecular formula is C20H30N2O+2. The van der Waals surface area contributed by atoms with Crippen molar-refractivity contribution < 1.29 is 14.6 Å². The first-order valence-corrected chi connectivity index (χ1v) is 9.28. The smallest absolute Gasteiger partial charge is 0.240 e. The van der Waals surface area contributed by atoms with Crippen LogP contribution in [0.25, 0.3) is 0 Å². The highest BCUT2D eigenvalue weighted by molar-refractivity contribution is 5.91. The molecule has 0 spiro atoms. The fourth-order valence-corrected chi connectivity index (χ4v) is 5.82. The van der Waals surface area contributed by atoms with Gasteiger partial charge in [-0.2, -0.15) is 0 Å². The van der Waals surface area contributed by atoms with Crippen molar-refractivity contribution in [3.8, 4) is 0 Å². The van der Waals surface area contributed by atoms with Crippen molar-refractivity contribution >= 4 is 5.78 Å². The SMILES string of the molecule is CCCCC12C[NH+]3CC(C)(C[NH+](C1)C3c1ccc(C)cc1)C2=O. The fourth-order valence-electron chi connectivity index (χ4n) is 5.82. The molecule has 3 heteroatoms. The number of nitrogens with one attached hydrogen (secondary N) is 2. The molecule has 0 aliphatic carbocycles. The van der Waals surface area contributed by atoms with Crippen molar-refractivity contribution in [2.24, 2.45) is 10.8 Å². The van der Waals surface area contributed by atoms with Gasteiger partial charge >= 0.3 is 0 Å². The molecule has 3 nitrogen and oxygen atoms in total. The predicted octanol–water partition coefficient (Wildman–Crippen LogP) is 0.556. The van der Waals surface area contributed by atoms with Crippen molar-refractivity contribution in [3.05, 3.63) is 35.4 Å². The van der Waals surface area contributed by atoms with Crippen LogP contribution >= 0.6 is 0 Å². The van der Waals surface area contributed by atoms with Crippen molar-refractivity contribution in [2.45, 2.75) is 46.2 Å². The maximum Gasteiger partial charge on any atom is 0.240 e. The summed E-state index contributed by atoms with van der Waals surface area (Å²) in [6, 6.07) is 9.10. The Morgan fingerprint density at radius 1 is 1.09 bits per heavy atom. The average Bonchev–Trinajstić information content (AvgIpc) is 2.51. The number of hydrogen-bond acceptors (Lipinski definition) is 1. The van der Waals surface area contributed by atoms with Crippen LogP contribution in [-0.4, -0.2) is 32.0 Å². The van der Waals surface area contributed by atoms with Crippen molar-refractivity contribution in [1.29, 1.82) is 0 Å². The minimum absolute atomic E-state index is 0.0346. The molecule has 0 radical (unpaired) electrons. The van der Waals surface area contributed by atoms with Gasteiger partial charge in [0, 0.05) is 0 Å². The van der Waals surface area contributed by atoms with Crippen LogP contribution in [0, 0.1) is 17.8 Å². The first-order valence-electron chi connectivity index (χ1n) is 9.28. The minimum atomic E-state index is -0.0872. The summed E-state index contributed by atoms with van der Waals surface area (Å²) >= 11 is 0. The summed E-state index contributed by atoms with van der Waals surface area (Å²) in [6.07, 6.45) is 4.02. The van der Waals surface area contributed by atoms with E-state index in [-0.39, 0.29) is 10.8 Å². The molecule has 124 valence electrons. The van der Waals surface area contributed by atoms with E-state index in [2.05, 4.69) is 45.0 Å². The van der Waals surface area contributed by atoms with Crippen LogP contribution in [0.1, 0.15) is 50.4 Å². The van der Waals surface area contributed by atoms with Crippen LogP contribution in [-0.2, 0) is 4.79 Å². The third-order valence-electron chi connectivity index (χ3n) is 6.63. The third kappa shape index (κ3) is 2.20. The average molecular weight is 314 g/mol. The van der Waals surface area contributed by atoms with Crippen LogP contribution in [0.3, 0.4) is 0 Å². The number of carbonyl (C=O) groups excluding carboxylic acids is 1. The molecule has 4 aliphatic heterocycles. The largest absolute Gasteiger partial charge is 0.297 e. The number of rotatable bonds is 4.